The van der Waals surface area contributed by atoms with E-state index in [0.717, 1.165) is 27.8 Å². The number of fused-ring (bicyclic) bond motifs is 4. The van der Waals surface area contributed by atoms with E-state index in [-0.39, 0.29) is 5.25 Å². The largest absolute Gasteiger partial charge is 0.455 e. The second kappa shape index (κ2) is 5.40. The standard InChI is InChI=1S/C16H13BrClN3OS/c1-2-13-16(21-15(19)23-13)9-5-8(17)3-4-11(9)22-12-7-20-14(18)6-10(12)16/h3-7,13H,2H2,1H3,(H2,19,21). The third-order valence-electron chi connectivity index (χ3n) is 4.20. The molecule has 0 saturated carbocycles. The van der Waals surface area contributed by atoms with Gasteiger partial charge in [0.15, 0.2) is 10.9 Å². The maximum atomic E-state index is 6.16. The number of aliphatic imine (C=N–C) groups is 1. The van der Waals surface area contributed by atoms with Gasteiger partial charge in [-0.05, 0) is 30.7 Å². The van der Waals surface area contributed by atoms with Crippen LogP contribution in [0.1, 0.15) is 24.5 Å². The smallest absolute Gasteiger partial charge is 0.155 e. The lowest BCUT2D eigenvalue weighted by atomic mass is 9.77. The number of halogens is 2. The van der Waals surface area contributed by atoms with Gasteiger partial charge in [0.05, 0.1) is 6.20 Å². The molecule has 1 spiro atoms. The lowest BCUT2D eigenvalue weighted by molar-refractivity contribution is 0.388. The van der Waals surface area contributed by atoms with Crippen LogP contribution in [0.2, 0.25) is 5.15 Å². The first-order chi connectivity index (χ1) is 11.0. The molecule has 0 bridgehead atoms. The molecule has 2 atom stereocenters. The predicted molar refractivity (Wildman–Crippen MR) is 97.5 cm³/mol. The van der Waals surface area contributed by atoms with E-state index in [9.17, 15) is 0 Å². The summed E-state index contributed by atoms with van der Waals surface area (Å²) in [6.45, 7) is 2.14. The second-order valence-corrected chi connectivity index (χ2v) is 8.00. The molecule has 1 aromatic carbocycles. The summed E-state index contributed by atoms with van der Waals surface area (Å²) in [5, 5.41) is 1.19. The summed E-state index contributed by atoms with van der Waals surface area (Å²) >= 11 is 11.3. The molecule has 3 heterocycles. The highest BCUT2D eigenvalue weighted by Gasteiger charge is 2.52. The minimum absolute atomic E-state index is 0.177. The third-order valence-corrected chi connectivity index (χ3v) is 6.19. The summed E-state index contributed by atoms with van der Waals surface area (Å²) in [7, 11) is 0. The molecule has 1 aromatic heterocycles. The predicted octanol–water partition coefficient (Wildman–Crippen LogP) is 4.69. The van der Waals surface area contributed by atoms with Crippen LogP contribution in [0.3, 0.4) is 0 Å². The fraction of sp³-hybridized carbons (Fsp3) is 0.250. The lowest BCUT2D eigenvalue weighted by Crippen LogP contribution is -2.37. The van der Waals surface area contributed by atoms with Crippen LogP contribution in [-0.4, -0.2) is 15.4 Å². The first kappa shape index (κ1) is 15.3. The van der Waals surface area contributed by atoms with Crippen molar-refractivity contribution in [2.45, 2.75) is 24.1 Å². The van der Waals surface area contributed by atoms with Crippen LogP contribution in [0.15, 0.2) is 39.9 Å². The average Bonchev–Trinajstić information content (AvgIpc) is 2.87. The molecule has 7 heteroatoms. The Morgan fingerprint density at radius 2 is 2.13 bits per heavy atom. The molecule has 4 rings (SSSR count). The van der Waals surface area contributed by atoms with Crippen molar-refractivity contribution >= 4 is 44.5 Å². The van der Waals surface area contributed by atoms with Gasteiger partial charge in [0.2, 0.25) is 0 Å². The molecule has 4 nitrogen and oxygen atoms in total. The van der Waals surface area contributed by atoms with Crippen molar-refractivity contribution in [2.75, 3.05) is 0 Å². The van der Waals surface area contributed by atoms with Crippen LogP contribution < -0.4 is 10.5 Å². The Hall–Kier alpha value is -1.24. The SMILES string of the molecule is CCC1SC(N)=NC12c1cc(Br)ccc1Oc1cnc(Cl)cc12. The number of thioether (sulfide) groups is 1. The van der Waals surface area contributed by atoms with Gasteiger partial charge >= 0.3 is 0 Å². The molecule has 2 unspecified atom stereocenters. The zero-order valence-electron chi connectivity index (χ0n) is 12.2. The van der Waals surface area contributed by atoms with Gasteiger partial charge in [-0.25, -0.2) is 9.98 Å². The van der Waals surface area contributed by atoms with Gasteiger partial charge in [0.25, 0.3) is 0 Å². The Kier molecular flexibility index (Phi) is 3.59. The fourth-order valence-electron chi connectivity index (χ4n) is 3.30. The van der Waals surface area contributed by atoms with E-state index in [0.29, 0.717) is 16.1 Å². The molecule has 118 valence electrons. The minimum atomic E-state index is -0.594. The number of nitrogens with zero attached hydrogens (tertiary/aromatic N) is 2. The molecular formula is C16H13BrClN3OS. The van der Waals surface area contributed by atoms with Crippen molar-refractivity contribution in [3.05, 3.63) is 51.2 Å². The van der Waals surface area contributed by atoms with Crippen LogP contribution in [-0.2, 0) is 5.54 Å². The Morgan fingerprint density at radius 3 is 2.91 bits per heavy atom. The number of amidine groups is 1. The van der Waals surface area contributed by atoms with E-state index in [1.165, 1.54) is 0 Å². The van der Waals surface area contributed by atoms with Gasteiger partial charge in [0, 0.05) is 20.8 Å². The van der Waals surface area contributed by atoms with Crippen molar-refractivity contribution in [3.63, 3.8) is 0 Å². The molecule has 23 heavy (non-hydrogen) atoms. The lowest BCUT2D eigenvalue weighted by Gasteiger charge is -2.38. The molecule has 0 saturated heterocycles. The van der Waals surface area contributed by atoms with E-state index in [4.69, 9.17) is 27.1 Å². The monoisotopic (exact) mass is 409 g/mol. The zero-order chi connectivity index (χ0) is 16.2. The normalized spacial score (nSPS) is 24.8. The minimum Gasteiger partial charge on any atom is -0.455 e. The summed E-state index contributed by atoms with van der Waals surface area (Å²) in [5.41, 5.74) is 7.43. The van der Waals surface area contributed by atoms with Crippen LogP contribution in [0, 0.1) is 0 Å². The summed E-state index contributed by atoms with van der Waals surface area (Å²) in [4.78, 5) is 9.02. The van der Waals surface area contributed by atoms with Crippen molar-refractivity contribution in [1.82, 2.24) is 4.98 Å². The number of ether oxygens (including phenoxy) is 1. The van der Waals surface area contributed by atoms with Gasteiger partial charge in [-0.1, -0.05) is 46.2 Å². The van der Waals surface area contributed by atoms with E-state index in [1.54, 1.807) is 18.0 Å². The first-order valence-electron chi connectivity index (χ1n) is 7.20. The highest BCUT2D eigenvalue weighted by atomic mass is 79.9. The van der Waals surface area contributed by atoms with Gasteiger partial charge in [-0.15, -0.1) is 0 Å². The van der Waals surface area contributed by atoms with E-state index in [1.807, 2.05) is 18.2 Å². The van der Waals surface area contributed by atoms with Gasteiger partial charge in [-0.3, -0.25) is 0 Å². The molecule has 2 aliphatic heterocycles. The zero-order valence-corrected chi connectivity index (χ0v) is 15.4. The quantitative estimate of drug-likeness (QED) is 0.693. The van der Waals surface area contributed by atoms with Gasteiger partial charge in [-0.2, -0.15) is 0 Å². The Labute approximate surface area is 151 Å². The molecule has 0 aliphatic carbocycles. The maximum absolute atomic E-state index is 6.16. The molecule has 0 fully saturated rings. The number of benzene rings is 1. The molecule has 0 amide bonds. The van der Waals surface area contributed by atoms with Crippen LogP contribution in [0.5, 0.6) is 11.5 Å². The molecule has 2 aromatic rings. The average molecular weight is 411 g/mol. The van der Waals surface area contributed by atoms with Crippen LogP contribution in [0.25, 0.3) is 0 Å². The number of pyridine rings is 1. The third kappa shape index (κ3) is 2.19. The molecule has 0 radical (unpaired) electrons. The van der Waals surface area contributed by atoms with Crippen molar-refractivity contribution in [2.24, 2.45) is 10.7 Å². The van der Waals surface area contributed by atoms with Gasteiger partial charge < -0.3 is 10.5 Å². The fourth-order valence-corrected chi connectivity index (χ4v) is 4.95. The van der Waals surface area contributed by atoms with Gasteiger partial charge in [0.1, 0.15) is 16.4 Å². The van der Waals surface area contributed by atoms with Crippen molar-refractivity contribution < 1.29 is 4.74 Å². The first-order valence-corrected chi connectivity index (χ1v) is 9.25. The van der Waals surface area contributed by atoms with E-state index in [2.05, 4.69) is 33.9 Å². The van der Waals surface area contributed by atoms with E-state index >= 15 is 0 Å². The summed E-state index contributed by atoms with van der Waals surface area (Å²) < 4.78 is 7.02. The Morgan fingerprint density at radius 1 is 1.35 bits per heavy atom. The molecule has 2 aliphatic rings. The Balaban J connectivity index is 2.08. The topological polar surface area (TPSA) is 60.5 Å². The maximum Gasteiger partial charge on any atom is 0.155 e. The number of rotatable bonds is 1. The summed E-state index contributed by atoms with van der Waals surface area (Å²) in [5.74, 6) is 1.46. The summed E-state index contributed by atoms with van der Waals surface area (Å²) in [6, 6.07) is 7.79. The summed E-state index contributed by atoms with van der Waals surface area (Å²) in [6.07, 6.45) is 2.58. The molecular weight excluding hydrogens is 398 g/mol. The highest BCUT2D eigenvalue weighted by molar-refractivity contribution is 9.10. The molecule has 2 N–H and O–H groups in total. The van der Waals surface area contributed by atoms with Crippen molar-refractivity contribution in [3.8, 4) is 11.5 Å². The van der Waals surface area contributed by atoms with Crippen LogP contribution in [0.4, 0.5) is 0 Å². The van der Waals surface area contributed by atoms with Crippen LogP contribution >= 0.6 is 39.3 Å². The van der Waals surface area contributed by atoms with Crippen molar-refractivity contribution in [1.29, 1.82) is 0 Å². The Bertz CT molecular complexity index is 791. The number of aromatic nitrogens is 1. The number of hydrogen-bond acceptors (Lipinski definition) is 5. The van der Waals surface area contributed by atoms with E-state index < -0.39 is 5.54 Å². The highest BCUT2D eigenvalue weighted by Crippen LogP contribution is 2.57. The number of nitrogens with two attached hydrogens (primary N) is 1. The second-order valence-electron chi connectivity index (χ2n) is 5.48. The number of hydrogen-bond donors (Lipinski definition) is 1.